The largest absolute Gasteiger partial charge is 0.338 e. The lowest BCUT2D eigenvalue weighted by atomic mass is 10.0. The second-order valence-electron chi connectivity index (χ2n) is 5.17. The van der Waals surface area contributed by atoms with Gasteiger partial charge >= 0.3 is 0 Å². The Kier molecular flexibility index (Phi) is 5.94. The third kappa shape index (κ3) is 4.38. The Morgan fingerprint density at radius 2 is 2.24 bits per heavy atom. The van der Waals surface area contributed by atoms with Crippen LogP contribution in [0.2, 0.25) is 0 Å². The van der Waals surface area contributed by atoms with Gasteiger partial charge in [0.05, 0.1) is 0 Å². The molecular formula is C16H21BrFN3. The van der Waals surface area contributed by atoms with Crippen LogP contribution in [0, 0.1) is 5.82 Å². The number of halogens is 2. The lowest BCUT2D eigenvalue weighted by molar-refractivity contribution is 0.486. The quantitative estimate of drug-likeness (QED) is 0.815. The average Bonchev–Trinajstić information content (AvgIpc) is 2.87. The molecule has 114 valence electrons. The lowest BCUT2D eigenvalue weighted by Gasteiger charge is -2.20. The smallest absolute Gasteiger partial charge is 0.123 e. The predicted molar refractivity (Wildman–Crippen MR) is 86.7 cm³/mol. The maximum Gasteiger partial charge on any atom is 0.123 e. The van der Waals surface area contributed by atoms with Crippen LogP contribution in [0.1, 0.15) is 37.2 Å². The van der Waals surface area contributed by atoms with E-state index in [2.05, 4.69) is 33.2 Å². The molecule has 0 fully saturated rings. The van der Waals surface area contributed by atoms with Gasteiger partial charge in [-0.1, -0.05) is 22.9 Å². The van der Waals surface area contributed by atoms with Crippen LogP contribution < -0.4 is 5.32 Å². The number of hydrogen-bond donors (Lipinski definition) is 1. The van der Waals surface area contributed by atoms with Crippen LogP contribution in [-0.2, 0) is 13.5 Å². The second-order valence-corrected chi connectivity index (χ2v) is 6.02. The number of aryl methyl sites for hydroxylation is 2. The summed E-state index contributed by atoms with van der Waals surface area (Å²) in [4.78, 5) is 4.35. The first-order valence-electron chi connectivity index (χ1n) is 7.26. The van der Waals surface area contributed by atoms with Crippen molar-refractivity contribution in [2.45, 2.75) is 32.2 Å². The van der Waals surface area contributed by atoms with Gasteiger partial charge in [-0.2, -0.15) is 0 Å². The zero-order valence-electron chi connectivity index (χ0n) is 12.4. The van der Waals surface area contributed by atoms with Crippen LogP contribution in [0.4, 0.5) is 4.39 Å². The molecule has 0 spiro atoms. The monoisotopic (exact) mass is 353 g/mol. The molecule has 0 radical (unpaired) electrons. The van der Waals surface area contributed by atoms with Crippen molar-refractivity contribution in [3.8, 4) is 0 Å². The SMILES string of the molecule is CCCNC(CCc1nccn1C)c1cc(F)ccc1Br. The van der Waals surface area contributed by atoms with Crippen molar-refractivity contribution < 1.29 is 4.39 Å². The van der Waals surface area contributed by atoms with E-state index >= 15 is 0 Å². The van der Waals surface area contributed by atoms with Crippen molar-refractivity contribution in [2.75, 3.05) is 6.54 Å². The minimum Gasteiger partial charge on any atom is -0.338 e. The highest BCUT2D eigenvalue weighted by Gasteiger charge is 2.15. The predicted octanol–water partition coefficient (Wildman–Crippen LogP) is 4.00. The van der Waals surface area contributed by atoms with Crippen LogP contribution in [0.15, 0.2) is 35.1 Å². The molecule has 1 atom stereocenters. The molecule has 3 nitrogen and oxygen atoms in total. The molecule has 1 aromatic heterocycles. The summed E-state index contributed by atoms with van der Waals surface area (Å²) in [6, 6.07) is 4.97. The van der Waals surface area contributed by atoms with E-state index in [1.165, 1.54) is 6.07 Å². The Labute approximate surface area is 133 Å². The normalized spacial score (nSPS) is 12.6. The van der Waals surface area contributed by atoms with Crippen LogP contribution >= 0.6 is 15.9 Å². The lowest BCUT2D eigenvalue weighted by Crippen LogP contribution is -2.23. The fourth-order valence-electron chi connectivity index (χ4n) is 2.38. The molecule has 1 aromatic carbocycles. The molecule has 0 aliphatic carbocycles. The highest BCUT2D eigenvalue weighted by molar-refractivity contribution is 9.10. The molecule has 0 amide bonds. The van der Waals surface area contributed by atoms with Crippen molar-refractivity contribution in [3.63, 3.8) is 0 Å². The van der Waals surface area contributed by atoms with E-state index in [1.54, 1.807) is 12.1 Å². The van der Waals surface area contributed by atoms with Crippen LogP contribution in [-0.4, -0.2) is 16.1 Å². The van der Waals surface area contributed by atoms with Crippen molar-refractivity contribution >= 4 is 15.9 Å². The maximum absolute atomic E-state index is 13.5. The summed E-state index contributed by atoms with van der Waals surface area (Å²) in [5, 5.41) is 3.50. The van der Waals surface area contributed by atoms with Gasteiger partial charge in [-0.05, 0) is 43.1 Å². The van der Waals surface area contributed by atoms with Gasteiger partial charge in [-0.15, -0.1) is 0 Å². The zero-order chi connectivity index (χ0) is 15.2. The van der Waals surface area contributed by atoms with Gasteiger partial charge in [0.2, 0.25) is 0 Å². The first-order valence-corrected chi connectivity index (χ1v) is 8.05. The summed E-state index contributed by atoms with van der Waals surface area (Å²) in [7, 11) is 1.99. The fraction of sp³-hybridized carbons (Fsp3) is 0.438. The molecular weight excluding hydrogens is 333 g/mol. The Bertz CT molecular complexity index is 583. The molecule has 1 heterocycles. The molecule has 21 heavy (non-hydrogen) atoms. The van der Waals surface area contributed by atoms with Gasteiger partial charge in [0.1, 0.15) is 11.6 Å². The fourth-order valence-corrected chi connectivity index (χ4v) is 2.90. The number of hydrogen-bond acceptors (Lipinski definition) is 2. The number of rotatable bonds is 7. The molecule has 2 aromatic rings. The zero-order valence-corrected chi connectivity index (χ0v) is 14.0. The molecule has 0 aliphatic rings. The summed E-state index contributed by atoms with van der Waals surface area (Å²) < 4.78 is 16.5. The van der Waals surface area contributed by atoms with Gasteiger partial charge in [0, 0.05) is 36.4 Å². The Morgan fingerprint density at radius 3 is 2.90 bits per heavy atom. The van der Waals surface area contributed by atoms with Gasteiger partial charge < -0.3 is 9.88 Å². The minimum absolute atomic E-state index is 0.117. The van der Waals surface area contributed by atoms with Crippen LogP contribution in [0.25, 0.3) is 0 Å². The summed E-state index contributed by atoms with van der Waals surface area (Å²) in [6.45, 7) is 3.04. The minimum atomic E-state index is -0.200. The van der Waals surface area contributed by atoms with Gasteiger partial charge in [0.25, 0.3) is 0 Å². The topological polar surface area (TPSA) is 29.9 Å². The molecule has 0 saturated heterocycles. The number of benzene rings is 1. The number of imidazole rings is 1. The molecule has 0 saturated carbocycles. The summed E-state index contributed by atoms with van der Waals surface area (Å²) in [5.74, 6) is 0.847. The van der Waals surface area contributed by atoms with Gasteiger partial charge in [-0.25, -0.2) is 9.37 Å². The summed E-state index contributed by atoms with van der Waals surface area (Å²) in [6.07, 6.45) is 6.54. The number of nitrogens with one attached hydrogen (secondary N) is 1. The highest BCUT2D eigenvalue weighted by atomic mass is 79.9. The summed E-state index contributed by atoms with van der Waals surface area (Å²) >= 11 is 3.53. The van der Waals surface area contributed by atoms with E-state index < -0.39 is 0 Å². The van der Waals surface area contributed by atoms with Crippen molar-refractivity contribution in [1.82, 2.24) is 14.9 Å². The molecule has 0 bridgehead atoms. The van der Waals surface area contributed by atoms with Gasteiger partial charge in [0.15, 0.2) is 0 Å². The molecule has 2 rings (SSSR count). The van der Waals surface area contributed by atoms with Crippen LogP contribution in [0.5, 0.6) is 0 Å². The standard InChI is InChI=1S/C16H21BrFN3/c1-3-8-19-15(6-7-16-20-9-10-21(16)2)13-11-12(18)4-5-14(13)17/h4-5,9-11,15,19H,3,6-8H2,1-2H3. The van der Waals surface area contributed by atoms with E-state index in [0.29, 0.717) is 0 Å². The van der Waals surface area contributed by atoms with Crippen molar-refractivity contribution in [1.29, 1.82) is 0 Å². The van der Waals surface area contributed by atoms with E-state index in [0.717, 1.165) is 41.7 Å². The Morgan fingerprint density at radius 1 is 1.43 bits per heavy atom. The summed E-state index contributed by atoms with van der Waals surface area (Å²) in [5.41, 5.74) is 0.970. The first kappa shape index (κ1) is 16.2. The highest BCUT2D eigenvalue weighted by Crippen LogP contribution is 2.27. The molecule has 0 aliphatic heterocycles. The van der Waals surface area contributed by atoms with Crippen LogP contribution in [0.3, 0.4) is 0 Å². The third-order valence-corrected chi connectivity index (χ3v) is 4.27. The molecule has 1 N–H and O–H groups in total. The number of nitrogens with zero attached hydrogens (tertiary/aromatic N) is 2. The third-order valence-electron chi connectivity index (χ3n) is 3.55. The molecule has 1 unspecified atom stereocenters. The molecule has 5 heteroatoms. The van der Waals surface area contributed by atoms with Crippen molar-refractivity contribution in [2.24, 2.45) is 7.05 Å². The Hall–Kier alpha value is -1.20. The van der Waals surface area contributed by atoms with E-state index in [1.807, 2.05) is 24.0 Å². The maximum atomic E-state index is 13.5. The van der Waals surface area contributed by atoms with E-state index in [9.17, 15) is 4.39 Å². The van der Waals surface area contributed by atoms with Gasteiger partial charge in [-0.3, -0.25) is 0 Å². The van der Waals surface area contributed by atoms with E-state index in [4.69, 9.17) is 0 Å². The van der Waals surface area contributed by atoms with E-state index in [-0.39, 0.29) is 11.9 Å². The Balaban J connectivity index is 2.13. The number of aromatic nitrogens is 2. The average molecular weight is 354 g/mol. The first-order chi connectivity index (χ1) is 10.1. The second kappa shape index (κ2) is 7.71. The van der Waals surface area contributed by atoms with Crippen molar-refractivity contribution in [3.05, 3.63) is 52.3 Å².